The van der Waals surface area contributed by atoms with E-state index in [9.17, 15) is 9.90 Å². The number of aromatic nitrogens is 2. The largest absolute Gasteiger partial charge is 0.493 e. The van der Waals surface area contributed by atoms with Gasteiger partial charge in [-0.1, -0.05) is 11.6 Å². The van der Waals surface area contributed by atoms with Gasteiger partial charge in [-0.15, -0.1) is 0 Å². The topological polar surface area (TPSA) is 110 Å². The fourth-order valence-corrected chi connectivity index (χ4v) is 4.46. The molecule has 2 N–H and O–H groups in total. The summed E-state index contributed by atoms with van der Waals surface area (Å²) in [6, 6.07) is 6.59. The van der Waals surface area contributed by atoms with Crippen molar-refractivity contribution in [3.63, 3.8) is 0 Å². The lowest BCUT2D eigenvalue weighted by Crippen LogP contribution is -2.38. The number of ether oxygens (including phenoxy) is 2. The van der Waals surface area contributed by atoms with E-state index in [1.807, 2.05) is 6.92 Å². The van der Waals surface area contributed by atoms with E-state index < -0.39 is 0 Å². The van der Waals surface area contributed by atoms with E-state index >= 15 is 0 Å². The minimum absolute atomic E-state index is 0.0522. The van der Waals surface area contributed by atoms with Crippen molar-refractivity contribution in [1.82, 2.24) is 14.9 Å². The highest BCUT2D eigenvalue weighted by molar-refractivity contribution is 6.30. The first-order chi connectivity index (χ1) is 16.4. The molecule has 1 aliphatic heterocycles. The lowest BCUT2D eigenvalue weighted by Gasteiger charge is -2.23. The van der Waals surface area contributed by atoms with Gasteiger partial charge in [-0.25, -0.2) is 0 Å². The van der Waals surface area contributed by atoms with Gasteiger partial charge in [0.1, 0.15) is 5.52 Å². The zero-order chi connectivity index (χ0) is 23.8. The number of pyridine rings is 1. The number of hydrogen-bond acceptors (Lipinski definition) is 8. The highest BCUT2D eigenvalue weighted by Gasteiger charge is 2.39. The van der Waals surface area contributed by atoms with E-state index in [2.05, 4.69) is 15.3 Å². The van der Waals surface area contributed by atoms with Crippen molar-refractivity contribution >= 4 is 34.6 Å². The Morgan fingerprint density at radius 3 is 2.88 bits per heavy atom. The van der Waals surface area contributed by atoms with Gasteiger partial charge < -0.3 is 29.2 Å². The first-order valence-electron chi connectivity index (χ1n) is 11.4. The van der Waals surface area contributed by atoms with E-state index in [-0.39, 0.29) is 36.7 Å². The summed E-state index contributed by atoms with van der Waals surface area (Å²) in [5.74, 6) is 0.204. The number of carbonyl (C=O) groups is 1. The molecule has 1 amide bonds. The third kappa shape index (κ3) is 4.68. The van der Waals surface area contributed by atoms with Gasteiger partial charge in [0, 0.05) is 23.3 Å². The second-order valence-electron chi connectivity index (χ2n) is 8.80. The number of nitrogens with one attached hydrogen (secondary N) is 1. The van der Waals surface area contributed by atoms with Crippen LogP contribution in [0.2, 0.25) is 5.02 Å². The number of anilines is 1. The van der Waals surface area contributed by atoms with Crippen molar-refractivity contribution in [2.24, 2.45) is 0 Å². The number of carbonyl (C=O) groups excluding carboxylic acids is 1. The Labute approximate surface area is 202 Å². The minimum Gasteiger partial charge on any atom is -0.493 e. The molecule has 1 aliphatic carbocycles. The maximum atomic E-state index is 13.4. The summed E-state index contributed by atoms with van der Waals surface area (Å²) in [7, 11) is 1.52. The Morgan fingerprint density at radius 1 is 1.35 bits per heavy atom. The van der Waals surface area contributed by atoms with Crippen LogP contribution in [0.5, 0.6) is 5.75 Å². The number of oxazole rings is 1. The summed E-state index contributed by atoms with van der Waals surface area (Å²) >= 11 is 6.07. The van der Waals surface area contributed by atoms with Crippen molar-refractivity contribution in [1.29, 1.82) is 0 Å². The third-order valence-electron chi connectivity index (χ3n) is 6.21. The summed E-state index contributed by atoms with van der Waals surface area (Å²) < 4.78 is 17.4. The Morgan fingerprint density at radius 2 is 2.18 bits per heavy atom. The van der Waals surface area contributed by atoms with Crippen molar-refractivity contribution < 1.29 is 23.8 Å². The smallest absolute Gasteiger partial charge is 0.296 e. The molecule has 1 saturated carbocycles. The molecule has 2 fully saturated rings. The lowest BCUT2D eigenvalue weighted by atomic mass is 10.1. The van der Waals surface area contributed by atoms with Crippen LogP contribution in [0.3, 0.4) is 0 Å². The molecule has 0 bridgehead atoms. The van der Waals surface area contributed by atoms with Crippen molar-refractivity contribution in [2.75, 3.05) is 25.6 Å². The highest BCUT2D eigenvalue weighted by Crippen LogP contribution is 2.34. The molecule has 1 saturated heterocycles. The molecule has 9 nitrogen and oxygen atoms in total. The van der Waals surface area contributed by atoms with Crippen LogP contribution in [0.15, 0.2) is 34.9 Å². The molecule has 34 heavy (non-hydrogen) atoms. The van der Waals surface area contributed by atoms with Crippen LogP contribution in [-0.2, 0) is 4.74 Å². The predicted octanol–water partition coefficient (Wildman–Crippen LogP) is 3.81. The number of likely N-dealkylation sites (tertiary alicyclic amines) is 1. The fourth-order valence-electron chi connectivity index (χ4n) is 4.29. The molecule has 2 aromatic heterocycles. The molecule has 0 spiro atoms. The van der Waals surface area contributed by atoms with Crippen LogP contribution >= 0.6 is 11.6 Å². The van der Waals surface area contributed by atoms with E-state index in [1.54, 1.807) is 35.4 Å². The monoisotopic (exact) mass is 486 g/mol. The molecule has 3 aromatic rings. The Hall–Kier alpha value is -2.88. The molecule has 2 aliphatic rings. The second kappa shape index (κ2) is 9.40. The van der Waals surface area contributed by atoms with Gasteiger partial charge in [-0.2, -0.15) is 4.98 Å². The maximum Gasteiger partial charge on any atom is 0.296 e. The summed E-state index contributed by atoms with van der Waals surface area (Å²) in [6.45, 7) is 2.27. The first-order valence-corrected chi connectivity index (χ1v) is 11.8. The number of benzene rings is 1. The van der Waals surface area contributed by atoms with Crippen molar-refractivity contribution in [3.8, 4) is 5.75 Å². The van der Waals surface area contributed by atoms with Crippen molar-refractivity contribution in [3.05, 3.63) is 46.7 Å². The van der Waals surface area contributed by atoms with Crippen molar-refractivity contribution in [2.45, 2.75) is 50.5 Å². The van der Waals surface area contributed by atoms with Gasteiger partial charge in [-0.3, -0.25) is 9.78 Å². The van der Waals surface area contributed by atoms with Crippen LogP contribution in [-0.4, -0.2) is 64.4 Å². The molecular formula is C24H27ClN4O5. The molecular weight excluding hydrogens is 460 g/mol. The van der Waals surface area contributed by atoms with E-state index in [1.165, 1.54) is 7.11 Å². The lowest BCUT2D eigenvalue weighted by molar-refractivity contribution is 0.0431. The number of amides is 1. The number of hydrogen-bond donors (Lipinski definition) is 2. The molecule has 1 aromatic carbocycles. The molecule has 3 atom stereocenters. The van der Waals surface area contributed by atoms with E-state index in [0.29, 0.717) is 46.5 Å². The molecule has 3 heterocycles. The van der Waals surface area contributed by atoms with Crippen LogP contribution in [0.4, 0.5) is 6.01 Å². The molecule has 3 unspecified atom stereocenters. The quantitative estimate of drug-likeness (QED) is 0.494. The van der Waals surface area contributed by atoms with E-state index in [0.717, 1.165) is 18.5 Å². The summed E-state index contributed by atoms with van der Waals surface area (Å²) in [5, 5.41) is 13.6. The van der Waals surface area contributed by atoms with E-state index in [4.69, 9.17) is 25.5 Å². The highest BCUT2D eigenvalue weighted by atomic mass is 35.5. The molecule has 5 rings (SSSR count). The number of rotatable bonds is 8. The normalized spacial score (nSPS) is 21.1. The zero-order valence-electron chi connectivity index (χ0n) is 19.0. The maximum absolute atomic E-state index is 13.4. The predicted molar refractivity (Wildman–Crippen MR) is 126 cm³/mol. The number of methoxy groups -OCH3 is 1. The number of nitrogens with zero attached hydrogens (tertiary/aromatic N) is 3. The fraction of sp³-hybridized carbons (Fsp3) is 0.458. The Kier molecular flexibility index (Phi) is 6.33. The average Bonchev–Trinajstić information content (AvgIpc) is 3.40. The van der Waals surface area contributed by atoms with Crippen LogP contribution in [0, 0.1) is 0 Å². The van der Waals surface area contributed by atoms with Gasteiger partial charge in [0.2, 0.25) is 0 Å². The first kappa shape index (κ1) is 22.9. The van der Waals surface area contributed by atoms with Gasteiger partial charge in [0.05, 0.1) is 43.7 Å². The Balaban J connectivity index is 1.38. The SMILES string of the molecule is COc1cc(C(=O)N2CC(OC3CC3)CC2CO)cc2nc(NC(C)c3cc(Cl)ccn3)oc12. The van der Waals surface area contributed by atoms with Crippen LogP contribution in [0.1, 0.15) is 48.3 Å². The van der Waals surface area contributed by atoms with Gasteiger partial charge >= 0.3 is 0 Å². The molecule has 0 radical (unpaired) electrons. The number of fused-ring (bicyclic) bond motifs is 1. The average molecular weight is 487 g/mol. The minimum atomic E-state index is -0.279. The third-order valence-corrected chi connectivity index (χ3v) is 6.44. The second-order valence-corrected chi connectivity index (χ2v) is 9.23. The Bertz CT molecular complexity index is 1200. The van der Waals surface area contributed by atoms with Crippen LogP contribution < -0.4 is 10.1 Å². The number of aliphatic hydroxyl groups excluding tert-OH is 1. The standard InChI is InChI=1S/C24H27ClN4O5/c1-13(19-9-15(25)5-6-26-19)27-24-28-20-7-14(8-21(32-2)22(20)34-24)23(31)29-11-18(10-16(29)12-30)33-17-3-4-17/h5-9,13,16-18,30H,3-4,10-12H2,1-2H3,(H,27,28). The van der Waals surface area contributed by atoms with Gasteiger partial charge in [-0.05, 0) is 50.5 Å². The summed E-state index contributed by atoms with van der Waals surface area (Å²) in [6.07, 6.45) is 4.64. The molecule has 180 valence electrons. The van der Waals surface area contributed by atoms with Gasteiger partial charge in [0.25, 0.3) is 11.9 Å². The number of aliphatic hydroxyl groups is 1. The summed E-state index contributed by atoms with van der Waals surface area (Å²) in [4.78, 5) is 23.9. The zero-order valence-corrected chi connectivity index (χ0v) is 19.8. The number of halogens is 1. The van der Waals surface area contributed by atoms with Gasteiger partial charge in [0.15, 0.2) is 11.3 Å². The van der Waals surface area contributed by atoms with Crippen LogP contribution in [0.25, 0.3) is 11.1 Å². The molecule has 10 heteroatoms. The summed E-state index contributed by atoms with van der Waals surface area (Å²) in [5.41, 5.74) is 2.08.